The third kappa shape index (κ3) is 2.44. The molecule has 0 aliphatic rings. The first-order chi connectivity index (χ1) is 12.7. The van der Waals surface area contributed by atoms with E-state index in [0.29, 0.717) is 32.8 Å². The van der Waals surface area contributed by atoms with Crippen LogP contribution in [0.25, 0.3) is 39.5 Å². The van der Waals surface area contributed by atoms with Gasteiger partial charge in [0.1, 0.15) is 12.1 Å². The van der Waals surface area contributed by atoms with Gasteiger partial charge in [-0.1, -0.05) is 53.5 Å². The summed E-state index contributed by atoms with van der Waals surface area (Å²) in [5.41, 5.74) is 2.85. The Morgan fingerprint density at radius 1 is 0.962 bits per heavy atom. The van der Waals surface area contributed by atoms with Gasteiger partial charge in [-0.3, -0.25) is 0 Å². The monoisotopic (exact) mass is 380 g/mol. The molecule has 26 heavy (non-hydrogen) atoms. The van der Waals surface area contributed by atoms with Crippen LogP contribution in [0.5, 0.6) is 0 Å². The van der Waals surface area contributed by atoms with Crippen LogP contribution in [0, 0.1) is 0 Å². The molecule has 0 aliphatic carbocycles. The minimum atomic E-state index is 0.495. The van der Waals surface area contributed by atoms with E-state index in [1.165, 1.54) is 0 Å². The van der Waals surface area contributed by atoms with Gasteiger partial charge in [0.15, 0.2) is 11.5 Å². The van der Waals surface area contributed by atoms with Crippen LogP contribution in [0.3, 0.4) is 0 Å². The van der Waals surface area contributed by atoms with Crippen LogP contribution in [0.15, 0.2) is 65.3 Å². The van der Waals surface area contributed by atoms with Gasteiger partial charge in [-0.2, -0.15) is 0 Å². The second kappa shape index (κ2) is 5.83. The quantitative estimate of drug-likeness (QED) is 0.405. The minimum absolute atomic E-state index is 0.495. The van der Waals surface area contributed by atoms with E-state index in [0.717, 1.165) is 16.7 Å². The van der Waals surface area contributed by atoms with Crippen LogP contribution in [0.2, 0.25) is 10.0 Å². The van der Waals surface area contributed by atoms with Crippen molar-refractivity contribution in [1.29, 1.82) is 0 Å². The lowest BCUT2D eigenvalue weighted by atomic mass is 10.2. The van der Waals surface area contributed by atoms with Crippen molar-refractivity contribution in [1.82, 2.24) is 19.6 Å². The van der Waals surface area contributed by atoms with E-state index >= 15 is 0 Å². The number of hydrogen-bond donors (Lipinski definition) is 0. The van der Waals surface area contributed by atoms with Gasteiger partial charge in [0.05, 0.1) is 10.4 Å². The topological polar surface area (TPSA) is 56.2 Å². The first-order valence-corrected chi connectivity index (χ1v) is 8.60. The van der Waals surface area contributed by atoms with Crippen molar-refractivity contribution in [2.75, 3.05) is 0 Å². The standard InChI is InChI=1S/C19H10Cl2N4O/c20-12-6-7-13(15(21)8-12)17-23-18-14-9-16(11-4-2-1-3-5-11)26-19(14)22-10-25(18)24-17/h1-10H. The van der Waals surface area contributed by atoms with Crippen LogP contribution in [-0.4, -0.2) is 19.6 Å². The highest BCUT2D eigenvalue weighted by atomic mass is 35.5. The molecule has 0 N–H and O–H groups in total. The third-order valence-corrected chi connectivity index (χ3v) is 4.65. The van der Waals surface area contributed by atoms with E-state index in [2.05, 4.69) is 15.1 Å². The average Bonchev–Trinajstić information content (AvgIpc) is 3.26. The van der Waals surface area contributed by atoms with Crippen LogP contribution in [0.1, 0.15) is 0 Å². The average molecular weight is 381 g/mol. The lowest BCUT2D eigenvalue weighted by Crippen LogP contribution is -1.89. The Morgan fingerprint density at radius 3 is 2.62 bits per heavy atom. The molecule has 0 atom stereocenters. The molecule has 3 heterocycles. The summed E-state index contributed by atoms with van der Waals surface area (Å²) >= 11 is 12.3. The Kier molecular flexibility index (Phi) is 3.45. The number of rotatable bonds is 2. The highest BCUT2D eigenvalue weighted by molar-refractivity contribution is 6.36. The number of benzene rings is 2. The fourth-order valence-electron chi connectivity index (χ4n) is 2.86. The van der Waals surface area contributed by atoms with E-state index < -0.39 is 0 Å². The molecule has 0 bridgehead atoms. The van der Waals surface area contributed by atoms with E-state index in [1.807, 2.05) is 36.4 Å². The Labute approximate surface area is 157 Å². The highest BCUT2D eigenvalue weighted by Gasteiger charge is 2.16. The second-order valence-electron chi connectivity index (χ2n) is 5.77. The molecule has 126 valence electrons. The molecule has 0 saturated carbocycles. The predicted octanol–water partition coefficient (Wildman–Crippen LogP) is 5.51. The Morgan fingerprint density at radius 2 is 1.81 bits per heavy atom. The van der Waals surface area contributed by atoms with Crippen molar-refractivity contribution in [2.24, 2.45) is 0 Å². The molecule has 0 spiro atoms. The van der Waals surface area contributed by atoms with Gasteiger partial charge in [-0.15, -0.1) is 5.10 Å². The van der Waals surface area contributed by atoms with Crippen molar-refractivity contribution < 1.29 is 4.42 Å². The molecule has 0 unspecified atom stereocenters. The number of aromatic nitrogens is 4. The molecular formula is C19H10Cl2N4O. The van der Waals surface area contributed by atoms with E-state index in [-0.39, 0.29) is 0 Å². The smallest absolute Gasteiger partial charge is 0.231 e. The molecule has 0 radical (unpaired) electrons. The molecule has 5 aromatic rings. The van der Waals surface area contributed by atoms with Gasteiger partial charge in [0.25, 0.3) is 0 Å². The number of halogens is 2. The Hall–Kier alpha value is -2.89. The van der Waals surface area contributed by atoms with Gasteiger partial charge in [-0.05, 0) is 24.3 Å². The summed E-state index contributed by atoms with van der Waals surface area (Å²) < 4.78 is 7.50. The molecular weight excluding hydrogens is 371 g/mol. The molecule has 3 aromatic heterocycles. The van der Waals surface area contributed by atoms with Crippen molar-refractivity contribution in [2.45, 2.75) is 0 Å². The van der Waals surface area contributed by atoms with Crippen molar-refractivity contribution in [3.05, 3.63) is 71.0 Å². The summed E-state index contributed by atoms with van der Waals surface area (Å²) in [5.74, 6) is 1.23. The van der Waals surface area contributed by atoms with Crippen LogP contribution in [-0.2, 0) is 0 Å². The van der Waals surface area contributed by atoms with E-state index in [1.54, 1.807) is 29.0 Å². The van der Waals surface area contributed by atoms with E-state index in [4.69, 9.17) is 27.6 Å². The Bertz CT molecular complexity index is 1260. The number of hydrogen-bond acceptors (Lipinski definition) is 4. The zero-order valence-corrected chi connectivity index (χ0v) is 14.7. The molecule has 5 rings (SSSR count). The molecule has 0 aliphatic heterocycles. The summed E-state index contributed by atoms with van der Waals surface area (Å²) in [5, 5.41) is 6.33. The SMILES string of the molecule is Clc1ccc(-c2nc3c4cc(-c5ccccc5)oc4ncn3n2)c(Cl)c1. The molecule has 7 heteroatoms. The van der Waals surface area contributed by atoms with Crippen LogP contribution >= 0.6 is 23.2 Å². The number of nitrogens with zero attached hydrogens (tertiary/aromatic N) is 4. The zero-order chi connectivity index (χ0) is 17.7. The molecule has 0 fully saturated rings. The summed E-state index contributed by atoms with van der Waals surface area (Å²) in [6, 6.07) is 17.0. The number of furan rings is 1. The first-order valence-electron chi connectivity index (χ1n) is 7.85. The summed E-state index contributed by atoms with van der Waals surface area (Å²) in [7, 11) is 0. The zero-order valence-electron chi connectivity index (χ0n) is 13.2. The summed E-state index contributed by atoms with van der Waals surface area (Å²) in [6.45, 7) is 0. The maximum absolute atomic E-state index is 6.29. The number of fused-ring (bicyclic) bond motifs is 3. The molecule has 0 saturated heterocycles. The Balaban J connectivity index is 1.71. The fraction of sp³-hybridized carbons (Fsp3) is 0. The summed E-state index contributed by atoms with van der Waals surface area (Å²) in [6.07, 6.45) is 1.58. The van der Waals surface area contributed by atoms with Gasteiger partial charge in [-0.25, -0.2) is 14.5 Å². The van der Waals surface area contributed by atoms with Gasteiger partial charge >= 0.3 is 0 Å². The minimum Gasteiger partial charge on any atom is -0.438 e. The van der Waals surface area contributed by atoms with Gasteiger partial charge < -0.3 is 4.42 Å². The second-order valence-corrected chi connectivity index (χ2v) is 6.61. The fourth-order valence-corrected chi connectivity index (χ4v) is 3.35. The van der Waals surface area contributed by atoms with Crippen LogP contribution < -0.4 is 0 Å². The third-order valence-electron chi connectivity index (χ3n) is 4.10. The van der Waals surface area contributed by atoms with Crippen molar-refractivity contribution in [3.8, 4) is 22.7 Å². The summed E-state index contributed by atoms with van der Waals surface area (Å²) in [4.78, 5) is 8.97. The van der Waals surface area contributed by atoms with Crippen molar-refractivity contribution >= 4 is 39.9 Å². The molecule has 0 amide bonds. The lowest BCUT2D eigenvalue weighted by molar-refractivity contribution is 0.616. The largest absolute Gasteiger partial charge is 0.438 e. The highest BCUT2D eigenvalue weighted by Crippen LogP contribution is 2.31. The maximum Gasteiger partial charge on any atom is 0.231 e. The van der Waals surface area contributed by atoms with Gasteiger partial charge in [0.2, 0.25) is 5.71 Å². The molecule has 2 aromatic carbocycles. The first kappa shape index (κ1) is 15.4. The van der Waals surface area contributed by atoms with Crippen molar-refractivity contribution in [3.63, 3.8) is 0 Å². The van der Waals surface area contributed by atoms with Crippen LogP contribution in [0.4, 0.5) is 0 Å². The van der Waals surface area contributed by atoms with Gasteiger partial charge in [0, 0.05) is 16.1 Å². The maximum atomic E-state index is 6.29. The predicted molar refractivity (Wildman–Crippen MR) is 101 cm³/mol. The lowest BCUT2D eigenvalue weighted by Gasteiger charge is -1.98. The van der Waals surface area contributed by atoms with E-state index in [9.17, 15) is 0 Å². The normalized spacial score (nSPS) is 11.5. The molecule has 5 nitrogen and oxygen atoms in total.